The first-order chi connectivity index (χ1) is 10.0. The number of aryl methyl sites for hydroxylation is 2. The Hall–Kier alpha value is -2.50. The molecular weight excluding hydrogens is 268 g/mol. The minimum absolute atomic E-state index is 0.0731. The fourth-order valence-electron chi connectivity index (χ4n) is 2.20. The number of amides is 1. The van der Waals surface area contributed by atoms with E-state index in [1.165, 1.54) is 6.07 Å². The molecule has 2 aromatic rings. The van der Waals surface area contributed by atoms with Crippen molar-refractivity contribution in [1.82, 2.24) is 9.13 Å². The molecule has 0 radical (unpaired) electrons. The highest BCUT2D eigenvalue weighted by atomic mass is 16.2. The highest BCUT2D eigenvalue weighted by molar-refractivity contribution is 6.03. The second-order valence-electron chi connectivity index (χ2n) is 4.85. The van der Waals surface area contributed by atoms with Crippen molar-refractivity contribution < 1.29 is 4.79 Å². The number of hydrogen-bond acceptors (Lipinski definition) is 3. The Kier molecular flexibility index (Phi) is 4.47. The molecule has 0 aliphatic heterocycles. The van der Waals surface area contributed by atoms with Crippen LogP contribution in [0.3, 0.4) is 0 Å². The van der Waals surface area contributed by atoms with E-state index in [4.69, 9.17) is 5.73 Å². The lowest BCUT2D eigenvalue weighted by Crippen LogP contribution is -2.21. The Bertz CT molecular complexity index is 700. The van der Waals surface area contributed by atoms with Gasteiger partial charge in [-0.1, -0.05) is 6.92 Å². The second-order valence-corrected chi connectivity index (χ2v) is 4.85. The van der Waals surface area contributed by atoms with Crippen LogP contribution in [0.1, 0.15) is 30.8 Å². The predicted octanol–water partition coefficient (Wildman–Crippen LogP) is 1.91. The van der Waals surface area contributed by atoms with Gasteiger partial charge < -0.3 is 20.2 Å². The molecule has 1 amide bonds. The second kappa shape index (κ2) is 6.30. The number of nitrogens with zero attached hydrogens (tertiary/aromatic N) is 2. The van der Waals surface area contributed by atoms with Gasteiger partial charge in [-0.25, -0.2) is 0 Å². The van der Waals surface area contributed by atoms with Crippen LogP contribution in [0.25, 0.3) is 0 Å². The van der Waals surface area contributed by atoms with E-state index >= 15 is 0 Å². The highest BCUT2D eigenvalue weighted by Crippen LogP contribution is 2.13. The predicted molar refractivity (Wildman–Crippen MR) is 83.5 cm³/mol. The smallest absolute Gasteiger partial charge is 0.272 e. The average Bonchev–Trinajstić information content (AvgIpc) is 2.84. The molecule has 21 heavy (non-hydrogen) atoms. The number of nitrogens with two attached hydrogens (primary N) is 1. The van der Waals surface area contributed by atoms with Crippen LogP contribution < -0.4 is 16.6 Å². The molecule has 0 aromatic carbocycles. The summed E-state index contributed by atoms with van der Waals surface area (Å²) < 4.78 is 3.37. The Balaban J connectivity index is 2.23. The van der Waals surface area contributed by atoms with Gasteiger partial charge in [-0.05, 0) is 25.5 Å². The van der Waals surface area contributed by atoms with Crippen LogP contribution >= 0.6 is 0 Å². The molecule has 0 saturated carbocycles. The molecule has 2 aromatic heterocycles. The quantitative estimate of drug-likeness (QED) is 0.881. The highest BCUT2D eigenvalue weighted by Gasteiger charge is 2.12. The van der Waals surface area contributed by atoms with Crippen molar-refractivity contribution in [1.29, 1.82) is 0 Å². The van der Waals surface area contributed by atoms with E-state index < -0.39 is 0 Å². The Morgan fingerprint density at radius 2 is 2.00 bits per heavy atom. The average molecular weight is 288 g/mol. The molecule has 112 valence electrons. The standard InChI is InChI=1S/C15H20N4O2/c1-3-7-19-10-12(5-6-14(19)20)17-15(21)13-8-11(16)9-18(13)4-2/h5-6,8-10H,3-4,7,16H2,1-2H3,(H,17,21). The molecule has 0 bridgehead atoms. The lowest BCUT2D eigenvalue weighted by molar-refractivity contribution is 0.101. The molecule has 0 aliphatic rings. The Morgan fingerprint density at radius 3 is 2.67 bits per heavy atom. The fraction of sp³-hybridized carbons (Fsp3) is 0.333. The normalized spacial score (nSPS) is 10.6. The van der Waals surface area contributed by atoms with Gasteiger partial charge in [-0.15, -0.1) is 0 Å². The summed E-state index contributed by atoms with van der Waals surface area (Å²) in [5, 5.41) is 2.80. The molecule has 3 N–H and O–H groups in total. The number of pyridine rings is 1. The van der Waals surface area contributed by atoms with Crippen molar-refractivity contribution in [2.24, 2.45) is 0 Å². The first kappa shape index (κ1) is 14.9. The molecule has 0 unspecified atom stereocenters. The number of anilines is 2. The van der Waals surface area contributed by atoms with Crippen molar-refractivity contribution >= 4 is 17.3 Å². The maximum atomic E-state index is 12.3. The molecule has 2 heterocycles. The summed E-state index contributed by atoms with van der Waals surface area (Å²) in [5.74, 6) is -0.241. The van der Waals surface area contributed by atoms with Gasteiger partial charge in [0.2, 0.25) is 0 Å². The molecule has 0 atom stereocenters. The van der Waals surface area contributed by atoms with Crippen LogP contribution in [-0.4, -0.2) is 15.0 Å². The summed E-state index contributed by atoms with van der Waals surface area (Å²) in [6.45, 7) is 5.22. The van der Waals surface area contributed by atoms with Crippen LogP contribution in [0.4, 0.5) is 11.4 Å². The molecule has 0 fully saturated rings. The zero-order valence-electron chi connectivity index (χ0n) is 12.3. The summed E-state index contributed by atoms with van der Waals surface area (Å²) in [5.41, 5.74) is 7.30. The van der Waals surface area contributed by atoms with E-state index in [9.17, 15) is 9.59 Å². The number of hydrogen-bond donors (Lipinski definition) is 2. The first-order valence-electron chi connectivity index (χ1n) is 7.02. The topological polar surface area (TPSA) is 82.0 Å². The number of rotatable bonds is 5. The molecule has 0 aliphatic carbocycles. The largest absolute Gasteiger partial charge is 0.397 e. The van der Waals surface area contributed by atoms with E-state index in [1.807, 2.05) is 13.8 Å². The first-order valence-corrected chi connectivity index (χ1v) is 7.02. The lowest BCUT2D eigenvalue weighted by atomic mass is 10.3. The maximum Gasteiger partial charge on any atom is 0.272 e. The molecule has 6 heteroatoms. The SMILES string of the molecule is CCCn1cc(NC(=O)c2cc(N)cn2CC)ccc1=O. The van der Waals surface area contributed by atoms with Crippen LogP contribution in [0.15, 0.2) is 35.4 Å². The molecule has 2 rings (SSSR count). The van der Waals surface area contributed by atoms with Crippen molar-refractivity contribution in [3.8, 4) is 0 Å². The molecule has 0 saturated heterocycles. The fourth-order valence-corrected chi connectivity index (χ4v) is 2.20. The maximum absolute atomic E-state index is 12.3. The van der Waals surface area contributed by atoms with Gasteiger partial charge in [0.1, 0.15) is 5.69 Å². The van der Waals surface area contributed by atoms with Crippen LogP contribution in [-0.2, 0) is 13.1 Å². The van der Waals surface area contributed by atoms with Gasteiger partial charge in [-0.2, -0.15) is 0 Å². The number of carbonyl (C=O) groups excluding carboxylic acids is 1. The van der Waals surface area contributed by atoms with Crippen molar-refractivity contribution in [2.45, 2.75) is 33.4 Å². The summed E-state index contributed by atoms with van der Waals surface area (Å²) in [6.07, 6.45) is 4.24. The minimum Gasteiger partial charge on any atom is -0.397 e. The summed E-state index contributed by atoms with van der Waals surface area (Å²) in [6, 6.07) is 4.70. The summed E-state index contributed by atoms with van der Waals surface area (Å²) >= 11 is 0. The molecule has 6 nitrogen and oxygen atoms in total. The van der Waals surface area contributed by atoms with Crippen LogP contribution in [0, 0.1) is 0 Å². The zero-order valence-corrected chi connectivity index (χ0v) is 12.3. The van der Waals surface area contributed by atoms with E-state index in [2.05, 4.69) is 5.32 Å². The number of nitrogens with one attached hydrogen (secondary N) is 1. The Morgan fingerprint density at radius 1 is 1.24 bits per heavy atom. The summed E-state index contributed by atoms with van der Waals surface area (Å²) in [4.78, 5) is 23.9. The van der Waals surface area contributed by atoms with Gasteiger partial charge in [0.05, 0.1) is 11.4 Å². The van der Waals surface area contributed by atoms with Crippen molar-refractivity contribution in [2.75, 3.05) is 11.1 Å². The third-order valence-corrected chi connectivity index (χ3v) is 3.20. The van der Waals surface area contributed by atoms with Crippen molar-refractivity contribution in [3.05, 3.63) is 46.6 Å². The van der Waals surface area contributed by atoms with Gasteiger partial charge in [0.25, 0.3) is 11.5 Å². The number of carbonyl (C=O) groups is 1. The van der Waals surface area contributed by atoms with Gasteiger partial charge in [0, 0.05) is 31.5 Å². The molecule has 0 spiro atoms. The monoisotopic (exact) mass is 288 g/mol. The van der Waals surface area contributed by atoms with Crippen molar-refractivity contribution in [3.63, 3.8) is 0 Å². The Labute approximate surface area is 123 Å². The van der Waals surface area contributed by atoms with Gasteiger partial charge >= 0.3 is 0 Å². The van der Waals surface area contributed by atoms with E-state index in [0.717, 1.165) is 6.42 Å². The summed E-state index contributed by atoms with van der Waals surface area (Å²) in [7, 11) is 0. The van der Waals surface area contributed by atoms with Crippen LogP contribution in [0.5, 0.6) is 0 Å². The third kappa shape index (κ3) is 3.34. The van der Waals surface area contributed by atoms with Crippen LogP contribution in [0.2, 0.25) is 0 Å². The number of aromatic nitrogens is 2. The zero-order chi connectivity index (χ0) is 15.4. The lowest BCUT2D eigenvalue weighted by Gasteiger charge is -2.10. The molecular formula is C15H20N4O2. The number of nitrogen functional groups attached to an aromatic ring is 1. The van der Waals surface area contributed by atoms with E-state index in [1.54, 1.807) is 33.7 Å². The minimum atomic E-state index is -0.241. The van der Waals surface area contributed by atoms with E-state index in [-0.39, 0.29) is 11.5 Å². The van der Waals surface area contributed by atoms with Gasteiger partial charge in [-0.3, -0.25) is 9.59 Å². The van der Waals surface area contributed by atoms with E-state index in [0.29, 0.717) is 30.2 Å². The van der Waals surface area contributed by atoms with Gasteiger partial charge in [0.15, 0.2) is 0 Å². The third-order valence-electron chi connectivity index (χ3n) is 3.20.